The Morgan fingerprint density at radius 1 is 1.17 bits per heavy atom. The number of alkyl halides is 2. The van der Waals surface area contributed by atoms with Crippen LogP contribution in [-0.2, 0) is 13.9 Å². The lowest BCUT2D eigenvalue weighted by Gasteiger charge is -2.30. The quantitative estimate of drug-likeness (QED) is 0.296. The fourth-order valence-corrected chi connectivity index (χ4v) is 3.64. The summed E-state index contributed by atoms with van der Waals surface area (Å²) in [7, 11) is 1.30. The molecule has 0 bridgehead atoms. The zero-order valence-electron chi connectivity index (χ0n) is 12.1. The van der Waals surface area contributed by atoms with E-state index in [9.17, 15) is 14.9 Å². The Bertz CT molecular complexity index is 706. The molecule has 0 saturated heterocycles. The number of nitro groups is 1. The number of carbonyl (C=O) groups excluding carboxylic acids is 1. The molecule has 2 aromatic carbocycles. The van der Waals surface area contributed by atoms with Crippen LogP contribution in [0.5, 0.6) is 0 Å². The molecule has 0 heterocycles. The van der Waals surface area contributed by atoms with Crippen molar-refractivity contribution in [3.8, 4) is 0 Å². The van der Waals surface area contributed by atoms with Gasteiger partial charge in [0.1, 0.15) is 0 Å². The standard InChI is InChI=1S/C16H13Br2NO4/c1-23-15(20)16(18,14(17)11-5-3-2-4-6-11)12-7-9-13(10-8-12)19(21)22/h2-10,14H,1H3/t14-,16-/m0/s1. The van der Waals surface area contributed by atoms with Gasteiger partial charge in [-0.15, -0.1) is 0 Å². The van der Waals surface area contributed by atoms with Crippen molar-refractivity contribution in [3.05, 3.63) is 75.8 Å². The van der Waals surface area contributed by atoms with E-state index in [1.807, 2.05) is 30.3 Å². The number of non-ortho nitro benzene ring substituents is 1. The zero-order chi connectivity index (χ0) is 17.0. The summed E-state index contributed by atoms with van der Waals surface area (Å²) in [4.78, 5) is 22.3. The number of esters is 1. The molecule has 2 rings (SSSR count). The molecule has 0 fully saturated rings. The van der Waals surface area contributed by atoms with Crippen LogP contribution >= 0.6 is 31.9 Å². The van der Waals surface area contributed by atoms with Gasteiger partial charge >= 0.3 is 5.97 Å². The third-order valence-corrected chi connectivity index (χ3v) is 6.49. The highest BCUT2D eigenvalue weighted by atomic mass is 79.9. The van der Waals surface area contributed by atoms with Crippen LogP contribution in [0, 0.1) is 10.1 Å². The van der Waals surface area contributed by atoms with Crippen LogP contribution < -0.4 is 0 Å². The Morgan fingerprint density at radius 2 is 1.74 bits per heavy atom. The van der Waals surface area contributed by atoms with Gasteiger partial charge in [-0.1, -0.05) is 74.3 Å². The molecule has 0 aliphatic rings. The Kier molecular flexibility index (Phi) is 5.54. The van der Waals surface area contributed by atoms with Crippen LogP contribution in [0.25, 0.3) is 0 Å². The van der Waals surface area contributed by atoms with Gasteiger partial charge in [0.25, 0.3) is 5.69 Å². The van der Waals surface area contributed by atoms with Gasteiger partial charge < -0.3 is 4.74 Å². The van der Waals surface area contributed by atoms with Crippen LogP contribution in [-0.4, -0.2) is 18.0 Å². The lowest BCUT2D eigenvalue weighted by molar-refractivity contribution is -0.384. The molecule has 0 amide bonds. The van der Waals surface area contributed by atoms with Gasteiger partial charge in [-0.25, -0.2) is 0 Å². The molecule has 5 nitrogen and oxygen atoms in total. The van der Waals surface area contributed by atoms with E-state index in [-0.39, 0.29) is 5.69 Å². The molecular formula is C16H13Br2NO4. The third-order valence-electron chi connectivity index (χ3n) is 3.42. The first-order valence-electron chi connectivity index (χ1n) is 6.62. The average Bonchev–Trinajstić information content (AvgIpc) is 2.60. The highest BCUT2D eigenvalue weighted by molar-refractivity contribution is 9.12. The highest BCUT2D eigenvalue weighted by Gasteiger charge is 2.46. The third kappa shape index (κ3) is 3.45. The largest absolute Gasteiger partial charge is 0.468 e. The molecular weight excluding hydrogens is 430 g/mol. The van der Waals surface area contributed by atoms with E-state index in [1.54, 1.807) is 12.1 Å². The normalized spacial score (nSPS) is 14.6. The SMILES string of the molecule is COC(=O)[C@](Br)(c1ccc([N+](=O)[O-])cc1)[C@@H](Br)c1ccccc1. The first-order chi connectivity index (χ1) is 10.9. The maximum absolute atomic E-state index is 12.4. The first kappa shape index (κ1) is 17.6. The molecule has 0 aromatic heterocycles. The summed E-state index contributed by atoms with van der Waals surface area (Å²) in [5, 5.41) is 10.8. The fourth-order valence-electron chi connectivity index (χ4n) is 2.19. The maximum Gasteiger partial charge on any atom is 0.328 e. The minimum atomic E-state index is -1.21. The van der Waals surface area contributed by atoms with Crippen LogP contribution in [0.15, 0.2) is 54.6 Å². The van der Waals surface area contributed by atoms with E-state index in [1.165, 1.54) is 19.2 Å². The number of nitrogens with zero attached hydrogens (tertiary/aromatic N) is 1. The van der Waals surface area contributed by atoms with E-state index in [0.717, 1.165) is 5.56 Å². The van der Waals surface area contributed by atoms with Gasteiger partial charge in [0, 0.05) is 12.1 Å². The number of carbonyl (C=O) groups is 1. The van der Waals surface area contributed by atoms with Gasteiger partial charge in [-0.3, -0.25) is 14.9 Å². The van der Waals surface area contributed by atoms with Crippen molar-refractivity contribution < 1.29 is 14.5 Å². The lowest BCUT2D eigenvalue weighted by atomic mass is 9.91. The van der Waals surface area contributed by atoms with Crippen LogP contribution in [0.2, 0.25) is 0 Å². The lowest BCUT2D eigenvalue weighted by Crippen LogP contribution is -2.34. The second kappa shape index (κ2) is 7.23. The Labute approximate surface area is 150 Å². The number of hydrogen-bond acceptors (Lipinski definition) is 4. The zero-order valence-corrected chi connectivity index (χ0v) is 15.3. The molecule has 7 heteroatoms. The molecule has 0 aliphatic heterocycles. The van der Waals surface area contributed by atoms with Crippen molar-refractivity contribution in [2.75, 3.05) is 7.11 Å². The maximum atomic E-state index is 12.4. The molecule has 23 heavy (non-hydrogen) atoms. The molecule has 0 spiro atoms. The monoisotopic (exact) mass is 441 g/mol. The van der Waals surface area contributed by atoms with E-state index in [4.69, 9.17) is 4.74 Å². The number of benzene rings is 2. The smallest absolute Gasteiger partial charge is 0.328 e. The molecule has 0 saturated carbocycles. The number of rotatable bonds is 5. The molecule has 0 aliphatic carbocycles. The van der Waals surface area contributed by atoms with Crippen LogP contribution in [0.4, 0.5) is 5.69 Å². The fraction of sp³-hybridized carbons (Fsp3) is 0.188. The topological polar surface area (TPSA) is 69.4 Å². The van der Waals surface area contributed by atoms with Crippen molar-refractivity contribution >= 4 is 43.5 Å². The van der Waals surface area contributed by atoms with Crippen molar-refractivity contribution in [1.82, 2.24) is 0 Å². The number of halogens is 2. The summed E-state index contributed by atoms with van der Waals surface area (Å²) in [5.74, 6) is -0.503. The van der Waals surface area contributed by atoms with Crippen LogP contribution in [0.1, 0.15) is 16.0 Å². The van der Waals surface area contributed by atoms with Gasteiger partial charge in [0.05, 0.1) is 16.9 Å². The van der Waals surface area contributed by atoms with Gasteiger partial charge in [-0.05, 0) is 11.1 Å². The summed E-state index contributed by atoms with van der Waals surface area (Å²) in [5.41, 5.74) is 1.38. The highest BCUT2D eigenvalue weighted by Crippen LogP contribution is 2.49. The second-order valence-electron chi connectivity index (χ2n) is 4.78. The summed E-state index contributed by atoms with van der Waals surface area (Å²) in [6.07, 6.45) is 0. The minimum absolute atomic E-state index is 0.0423. The predicted molar refractivity (Wildman–Crippen MR) is 93.8 cm³/mol. The van der Waals surface area contributed by atoms with Gasteiger partial charge in [0.2, 0.25) is 0 Å². The summed E-state index contributed by atoms with van der Waals surface area (Å²) >= 11 is 7.04. The molecule has 120 valence electrons. The molecule has 2 atom stereocenters. The van der Waals surface area contributed by atoms with E-state index < -0.39 is 20.0 Å². The summed E-state index contributed by atoms with van der Waals surface area (Å²) in [6, 6.07) is 15.2. The van der Waals surface area contributed by atoms with Gasteiger partial charge in [0.15, 0.2) is 4.32 Å². The first-order valence-corrected chi connectivity index (χ1v) is 8.33. The van der Waals surface area contributed by atoms with Gasteiger partial charge in [-0.2, -0.15) is 0 Å². The van der Waals surface area contributed by atoms with Crippen molar-refractivity contribution in [2.24, 2.45) is 0 Å². The molecule has 0 unspecified atom stereocenters. The Hall–Kier alpha value is -1.73. The number of methoxy groups -OCH3 is 1. The van der Waals surface area contributed by atoms with E-state index in [0.29, 0.717) is 5.56 Å². The van der Waals surface area contributed by atoms with Crippen molar-refractivity contribution in [1.29, 1.82) is 0 Å². The Morgan fingerprint density at radius 3 is 2.22 bits per heavy atom. The number of nitro benzene ring substituents is 1. The van der Waals surface area contributed by atoms with E-state index >= 15 is 0 Å². The number of ether oxygens (including phenoxy) is 1. The minimum Gasteiger partial charge on any atom is -0.468 e. The molecule has 0 N–H and O–H groups in total. The Balaban J connectivity index is 2.51. The summed E-state index contributed by atoms with van der Waals surface area (Å²) < 4.78 is 3.73. The second-order valence-corrected chi connectivity index (χ2v) is 6.95. The van der Waals surface area contributed by atoms with Crippen molar-refractivity contribution in [3.63, 3.8) is 0 Å². The molecule has 2 aromatic rings. The molecule has 0 radical (unpaired) electrons. The predicted octanol–water partition coefficient (Wildman–Crippen LogP) is 4.49. The summed E-state index contributed by atoms with van der Waals surface area (Å²) in [6.45, 7) is 0. The van der Waals surface area contributed by atoms with Crippen molar-refractivity contribution in [2.45, 2.75) is 9.15 Å². The van der Waals surface area contributed by atoms with E-state index in [2.05, 4.69) is 31.9 Å². The average molecular weight is 443 g/mol. The number of hydrogen-bond donors (Lipinski definition) is 0. The van der Waals surface area contributed by atoms with Crippen LogP contribution in [0.3, 0.4) is 0 Å².